The molecule has 1 aromatic carbocycles. The van der Waals surface area contributed by atoms with Crippen LogP contribution in [0.15, 0.2) is 12.1 Å². The molecular formula is C15H23NO2. The summed E-state index contributed by atoms with van der Waals surface area (Å²) in [4.78, 5) is 12.1. The van der Waals surface area contributed by atoms with E-state index < -0.39 is 6.10 Å². The third-order valence-corrected chi connectivity index (χ3v) is 3.02. The van der Waals surface area contributed by atoms with Gasteiger partial charge in [-0.05, 0) is 38.3 Å². The van der Waals surface area contributed by atoms with Crippen molar-refractivity contribution in [3.63, 3.8) is 0 Å². The molecule has 2 N–H and O–H groups in total. The highest BCUT2D eigenvalue weighted by Crippen LogP contribution is 2.16. The maximum atomic E-state index is 12.1. The molecular weight excluding hydrogens is 226 g/mol. The van der Waals surface area contributed by atoms with Crippen LogP contribution in [0, 0.1) is 20.8 Å². The van der Waals surface area contributed by atoms with E-state index >= 15 is 0 Å². The Morgan fingerprint density at radius 3 is 2.33 bits per heavy atom. The van der Waals surface area contributed by atoms with Gasteiger partial charge < -0.3 is 10.4 Å². The van der Waals surface area contributed by atoms with E-state index in [0.29, 0.717) is 13.0 Å². The van der Waals surface area contributed by atoms with E-state index in [1.54, 1.807) is 0 Å². The van der Waals surface area contributed by atoms with Crippen LogP contribution in [0.5, 0.6) is 0 Å². The summed E-state index contributed by atoms with van der Waals surface area (Å²) in [7, 11) is 0. The van der Waals surface area contributed by atoms with Gasteiger partial charge in [-0.3, -0.25) is 4.79 Å². The van der Waals surface area contributed by atoms with Crippen molar-refractivity contribution in [2.45, 2.75) is 46.6 Å². The van der Waals surface area contributed by atoms with Crippen molar-refractivity contribution < 1.29 is 9.90 Å². The van der Waals surface area contributed by atoms with Crippen LogP contribution < -0.4 is 5.32 Å². The molecule has 1 amide bonds. The lowest BCUT2D eigenvalue weighted by atomic mass is 9.99. The van der Waals surface area contributed by atoms with Crippen LogP contribution in [-0.4, -0.2) is 23.7 Å². The fraction of sp³-hybridized carbons (Fsp3) is 0.533. The molecule has 3 heteroatoms. The van der Waals surface area contributed by atoms with Gasteiger partial charge >= 0.3 is 0 Å². The maximum absolute atomic E-state index is 12.1. The fourth-order valence-electron chi connectivity index (χ4n) is 2.27. The van der Waals surface area contributed by atoms with Crippen LogP contribution in [0.3, 0.4) is 0 Å². The molecule has 0 saturated heterocycles. The third-order valence-electron chi connectivity index (χ3n) is 3.02. The molecule has 1 rings (SSSR count). The predicted molar refractivity (Wildman–Crippen MR) is 73.9 cm³/mol. The lowest BCUT2D eigenvalue weighted by Crippen LogP contribution is -2.32. The van der Waals surface area contributed by atoms with Gasteiger partial charge in [0.2, 0.25) is 0 Å². The highest BCUT2D eigenvalue weighted by Gasteiger charge is 2.13. The van der Waals surface area contributed by atoms with Gasteiger partial charge in [0.15, 0.2) is 0 Å². The summed E-state index contributed by atoms with van der Waals surface area (Å²) in [5.74, 6) is -0.0971. The van der Waals surface area contributed by atoms with Crippen LogP contribution in [-0.2, 0) is 0 Å². The van der Waals surface area contributed by atoms with Crippen molar-refractivity contribution in [1.29, 1.82) is 0 Å². The SMILES string of the molecule is CCCC(O)CNC(=O)c1c(C)cc(C)cc1C. The second kappa shape index (κ2) is 6.55. The van der Waals surface area contributed by atoms with Crippen molar-refractivity contribution in [2.75, 3.05) is 6.54 Å². The van der Waals surface area contributed by atoms with Crippen LogP contribution in [0.4, 0.5) is 0 Å². The van der Waals surface area contributed by atoms with E-state index in [0.717, 1.165) is 28.7 Å². The first kappa shape index (κ1) is 14.7. The lowest BCUT2D eigenvalue weighted by molar-refractivity contribution is 0.0909. The highest BCUT2D eigenvalue weighted by molar-refractivity contribution is 5.97. The van der Waals surface area contributed by atoms with Crippen molar-refractivity contribution in [2.24, 2.45) is 0 Å². The molecule has 100 valence electrons. The normalized spacial score (nSPS) is 12.3. The zero-order valence-corrected chi connectivity index (χ0v) is 11.7. The molecule has 0 aliphatic rings. The number of rotatable bonds is 5. The van der Waals surface area contributed by atoms with Crippen molar-refractivity contribution in [3.05, 3.63) is 34.4 Å². The number of hydrogen-bond donors (Lipinski definition) is 2. The first-order chi connectivity index (χ1) is 8.45. The molecule has 1 aromatic rings. The monoisotopic (exact) mass is 249 g/mol. The Kier molecular flexibility index (Phi) is 5.35. The Hall–Kier alpha value is -1.35. The summed E-state index contributed by atoms with van der Waals surface area (Å²) in [5, 5.41) is 12.4. The molecule has 0 aliphatic carbocycles. The average Bonchev–Trinajstić information content (AvgIpc) is 2.25. The van der Waals surface area contributed by atoms with Gasteiger partial charge in [0, 0.05) is 12.1 Å². The number of aryl methyl sites for hydroxylation is 3. The first-order valence-electron chi connectivity index (χ1n) is 6.49. The Morgan fingerprint density at radius 2 is 1.83 bits per heavy atom. The molecule has 3 nitrogen and oxygen atoms in total. The number of aliphatic hydroxyl groups excluding tert-OH is 1. The molecule has 0 saturated carbocycles. The number of benzene rings is 1. The standard InChI is InChI=1S/C15H23NO2/c1-5-6-13(17)9-16-15(18)14-11(3)7-10(2)8-12(14)4/h7-8,13,17H,5-6,9H2,1-4H3,(H,16,18). The zero-order chi connectivity index (χ0) is 13.7. The summed E-state index contributed by atoms with van der Waals surface area (Å²) in [6.07, 6.45) is 1.18. The second-order valence-electron chi connectivity index (χ2n) is 4.93. The number of aliphatic hydroxyl groups is 1. The summed E-state index contributed by atoms with van der Waals surface area (Å²) < 4.78 is 0. The van der Waals surface area contributed by atoms with Crippen LogP contribution >= 0.6 is 0 Å². The van der Waals surface area contributed by atoms with Crippen LogP contribution in [0.1, 0.15) is 46.8 Å². The molecule has 1 unspecified atom stereocenters. The largest absolute Gasteiger partial charge is 0.391 e. The van der Waals surface area contributed by atoms with Gasteiger partial charge in [0.05, 0.1) is 6.10 Å². The lowest BCUT2D eigenvalue weighted by Gasteiger charge is -2.14. The molecule has 0 aliphatic heterocycles. The molecule has 0 aromatic heterocycles. The molecule has 1 atom stereocenters. The summed E-state index contributed by atoms with van der Waals surface area (Å²) >= 11 is 0. The molecule has 0 bridgehead atoms. The van der Waals surface area contributed by atoms with Crippen molar-refractivity contribution >= 4 is 5.91 Å². The van der Waals surface area contributed by atoms with Gasteiger partial charge in [0.1, 0.15) is 0 Å². The summed E-state index contributed by atoms with van der Waals surface area (Å²) in [6, 6.07) is 4.01. The molecule has 0 radical (unpaired) electrons. The van der Waals surface area contributed by atoms with Gasteiger partial charge in [-0.2, -0.15) is 0 Å². The van der Waals surface area contributed by atoms with E-state index in [9.17, 15) is 9.90 Å². The Bertz CT molecular complexity index is 403. The van der Waals surface area contributed by atoms with Gasteiger partial charge in [-0.25, -0.2) is 0 Å². The average molecular weight is 249 g/mol. The number of carbonyl (C=O) groups is 1. The van der Waals surface area contributed by atoms with E-state index in [1.807, 2.05) is 39.8 Å². The third kappa shape index (κ3) is 3.84. The minimum Gasteiger partial charge on any atom is -0.391 e. The molecule has 0 heterocycles. The second-order valence-corrected chi connectivity index (χ2v) is 4.93. The smallest absolute Gasteiger partial charge is 0.251 e. The van der Waals surface area contributed by atoms with E-state index in [4.69, 9.17) is 0 Å². The van der Waals surface area contributed by atoms with Gasteiger partial charge in [0.25, 0.3) is 5.91 Å². The van der Waals surface area contributed by atoms with Crippen LogP contribution in [0.2, 0.25) is 0 Å². The minimum atomic E-state index is -0.454. The fourth-order valence-corrected chi connectivity index (χ4v) is 2.27. The first-order valence-corrected chi connectivity index (χ1v) is 6.49. The molecule has 0 fully saturated rings. The molecule has 0 spiro atoms. The summed E-state index contributed by atoms with van der Waals surface area (Å²) in [5.41, 5.74) is 3.85. The maximum Gasteiger partial charge on any atom is 0.251 e. The van der Waals surface area contributed by atoms with E-state index in [-0.39, 0.29) is 5.91 Å². The molecule has 18 heavy (non-hydrogen) atoms. The number of amides is 1. The highest BCUT2D eigenvalue weighted by atomic mass is 16.3. The topological polar surface area (TPSA) is 49.3 Å². The Labute approximate surface area is 109 Å². The summed E-state index contributed by atoms with van der Waals surface area (Å²) in [6.45, 7) is 8.24. The Balaban J connectivity index is 2.73. The quantitative estimate of drug-likeness (QED) is 0.842. The van der Waals surface area contributed by atoms with Gasteiger partial charge in [-0.1, -0.05) is 31.0 Å². The van der Waals surface area contributed by atoms with E-state index in [1.165, 1.54) is 0 Å². The predicted octanol–water partition coefficient (Wildman–Crippen LogP) is 2.50. The van der Waals surface area contributed by atoms with E-state index in [2.05, 4.69) is 5.32 Å². The number of nitrogens with one attached hydrogen (secondary N) is 1. The Morgan fingerprint density at radius 1 is 1.28 bits per heavy atom. The van der Waals surface area contributed by atoms with Crippen LogP contribution in [0.25, 0.3) is 0 Å². The minimum absolute atomic E-state index is 0.0971. The van der Waals surface area contributed by atoms with Crippen molar-refractivity contribution in [3.8, 4) is 0 Å². The van der Waals surface area contributed by atoms with Gasteiger partial charge in [-0.15, -0.1) is 0 Å². The zero-order valence-electron chi connectivity index (χ0n) is 11.7. The van der Waals surface area contributed by atoms with Crippen molar-refractivity contribution in [1.82, 2.24) is 5.32 Å². The number of hydrogen-bond acceptors (Lipinski definition) is 2. The number of carbonyl (C=O) groups excluding carboxylic acids is 1.